The zero-order chi connectivity index (χ0) is 15.8. The van der Waals surface area contributed by atoms with Gasteiger partial charge in [0, 0.05) is 58.1 Å². The summed E-state index contributed by atoms with van der Waals surface area (Å²) in [7, 11) is 0. The molecule has 1 amide bonds. The molecule has 2 fully saturated rings. The first kappa shape index (κ1) is 17.7. The summed E-state index contributed by atoms with van der Waals surface area (Å²) in [6.45, 7) is 11.8. The second kappa shape index (κ2) is 9.45. The van der Waals surface area contributed by atoms with Crippen molar-refractivity contribution in [2.45, 2.75) is 38.8 Å². The van der Waals surface area contributed by atoms with Crippen molar-refractivity contribution in [2.24, 2.45) is 0 Å². The highest BCUT2D eigenvalue weighted by molar-refractivity contribution is 5.78. The number of amides is 1. The van der Waals surface area contributed by atoms with Crippen LogP contribution in [0.1, 0.15) is 26.7 Å². The fraction of sp³-hybridized carbons (Fsp3) is 0.938. The molecule has 1 N–H and O–H groups in total. The van der Waals surface area contributed by atoms with Gasteiger partial charge in [-0.25, -0.2) is 0 Å². The van der Waals surface area contributed by atoms with Crippen LogP contribution in [-0.2, 0) is 14.3 Å². The number of hydrogen-bond donors (Lipinski definition) is 1. The summed E-state index contributed by atoms with van der Waals surface area (Å²) in [5, 5.41) is 3.14. The van der Waals surface area contributed by atoms with Gasteiger partial charge in [0.15, 0.2) is 0 Å². The third-order valence-corrected chi connectivity index (χ3v) is 4.53. The van der Waals surface area contributed by atoms with Crippen LogP contribution in [0.2, 0.25) is 0 Å². The highest BCUT2D eigenvalue weighted by atomic mass is 16.5. The molecular weight excluding hydrogens is 282 g/mol. The largest absolute Gasteiger partial charge is 0.381 e. The van der Waals surface area contributed by atoms with Gasteiger partial charge in [0.25, 0.3) is 0 Å². The molecule has 0 aromatic rings. The first-order chi connectivity index (χ1) is 10.7. The second-order valence-electron chi connectivity index (χ2n) is 6.27. The fourth-order valence-electron chi connectivity index (χ4n) is 3.19. The Kier molecular flexibility index (Phi) is 7.59. The van der Waals surface area contributed by atoms with E-state index in [1.54, 1.807) is 0 Å². The Morgan fingerprint density at radius 2 is 2.09 bits per heavy atom. The molecule has 6 nitrogen and oxygen atoms in total. The topological polar surface area (TPSA) is 54.0 Å². The van der Waals surface area contributed by atoms with Gasteiger partial charge >= 0.3 is 0 Å². The van der Waals surface area contributed by atoms with E-state index in [0.29, 0.717) is 18.6 Å². The van der Waals surface area contributed by atoms with Gasteiger partial charge in [0.05, 0.1) is 13.2 Å². The van der Waals surface area contributed by atoms with E-state index in [1.165, 1.54) is 0 Å². The summed E-state index contributed by atoms with van der Waals surface area (Å²) >= 11 is 0. The van der Waals surface area contributed by atoms with Gasteiger partial charge in [0.2, 0.25) is 5.91 Å². The predicted octanol–water partition coefficient (Wildman–Crippen LogP) is 0.324. The molecule has 0 aromatic carbocycles. The quantitative estimate of drug-likeness (QED) is 0.686. The van der Waals surface area contributed by atoms with E-state index in [9.17, 15) is 4.79 Å². The summed E-state index contributed by atoms with van der Waals surface area (Å²) in [6, 6.07) is 0.774. The molecule has 128 valence electrons. The minimum atomic E-state index is 0.155. The Morgan fingerprint density at radius 3 is 2.77 bits per heavy atom. The average molecular weight is 313 g/mol. The smallest absolute Gasteiger partial charge is 0.234 e. The number of piperazine rings is 1. The van der Waals surface area contributed by atoms with E-state index in [1.807, 2.05) is 6.92 Å². The highest BCUT2D eigenvalue weighted by Crippen LogP contribution is 2.10. The number of nitrogens with zero attached hydrogens (tertiary/aromatic N) is 2. The van der Waals surface area contributed by atoms with Crippen LogP contribution in [0.3, 0.4) is 0 Å². The predicted molar refractivity (Wildman–Crippen MR) is 86.0 cm³/mol. The van der Waals surface area contributed by atoms with Crippen molar-refractivity contribution >= 4 is 5.91 Å². The molecule has 2 saturated heterocycles. The zero-order valence-electron chi connectivity index (χ0n) is 14.1. The Hall–Kier alpha value is -0.690. The number of carbonyl (C=O) groups is 1. The van der Waals surface area contributed by atoms with Crippen molar-refractivity contribution < 1.29 is 14.3 Å². The van der Waals surface area contributed by atoms with Gasteiger partial charge in [-0.15, -0.1) is 0 Å². The molecule has 1 atom stereocenters. The van der Waals surface area contributed by atoms with E-state index in [4.69, 9.17) is 9.47 Å². The summed E-state index contributed by atoms with van der Waals surface area (Å²) in [5.41, 5.74) is 0. The van der Waals surface area contributed by atoms with Crippen LogP contribution < -0.4 is 5.32 Å². The van der Waals surface area contributed by atoms with Crippen molar-refractivity contribution in [3.8, 4) is 0 Å². The van der Waals surface area contributed by atoms with Crippen LogP contribution >= 0.6 is 0 Å². The maximum Gasteiger partial charge on any atom is 0.234 e. The molecule has 0 radical (unpaired) electrons. The first-order valence-electron chi connectivity index (χ1n) is 8.60. The Balaban J connectivity index is 1.65. The first-order valence-corrected chi connectivity index (χ1v) is 8.60. The van der Waals surface area contributed by atoms with Crippen molar-refractivity contribution in [2.75, 3.05) is 59.2 Å². The van der Waals surface area contributed by atoms with Crippen molar-refractivity contribution in [1.82, 2.24) is 15.1 Å². The number of ether oxygens (including phenoxy) is 2. The number of nitrogens with one attached hydrogen (secondary N) is 1. The molecule has 0 bridgehead atoms. The van der Waals surface area contributed by atoms with Crippen molar-refractivity contribution in [3.05, 3.63) is 0 Å². The lowest BCUT2D eigenvalue weighted by Crippen LogP contribution is -2.55. The molecule has 22 heavy (non-hydrogen) atoms. The minimum Gasteiger partial charge on any atom is -0.381 e. The Labute approximate surface area is 134 Å². The van der Waals surface area contributed by atoms with Gasteiger partial charge in [-0.3, -0.25) is 14.6 Å². The molecule has 2 heterocycles. The van der Waals surface area contributed by atoms with Crippen LogP contribution in [0.4, 0.5) is 0 Å². The lowest BCUT2D eigenvalue weighted by atomic mass is 10.1. The van der Waals surface area contributed by atoms with Crippen molar-refractivity contribution in [1.29, 1.82) is 0 Å². The van der Waals surface area contributed by atoms with Crippen LogP contribution in [0.25, 0.3) is 0 Å². The second-order valence-corrected chi connectivity index (χ2v) is 6.27. The van der Waals surface area contributed by atoms with Crippen LogP contribution in [0, 0.1) is 0 Å². The van der Waals surface area contributed by atoms with Crippen molar-refractivity contribution in [3.63, 3.8) is 0 Å². The average Bonchev–Trinajstić information content (AvgIpc) is 2.50. The summed E-state index contributed by atoms with van der Waals surface area (Å²) in [4.78, 5) is 16.9. The molecule has 6 heteroatoms. The number of rotatable bonds is 7. The lowest BCUT2D eigenvalue weighted by Gasteiger charge is -2.39. The maximum absolute atomic E-state index is 12.2. The van der Waals surface area contributed by atoms with E-state index in [2.05, 4.69) is 22.0 Å². The molecule has 2 aliphatic heterocycles. The molecular formula is C16H31N3O3. The van der Waals surface area contributed by atoms with E-state index < -0.39 is 0 Å². The van der Waals surface area contributed by atoms with E-state index >= 15 is 0 Å². The summed E-state index contributed by atoms with van der Waals surface area (Å²) in [6.07, 6.45) is 1.88. The third kappa shape index (κ3) is 5.83. The standard InChI is InChI=1S/C16H31N3O3/c1-3-21-11-8-19-7-6-18(12-14(19)2)13-16(20)17-15-4-9-22-10-5-15/h14-15H,3-13H2,1-2H3,(H,17,20)/t14-/m1/s1. The van der Waals surface area contributed by atoms with Crippen LogP contribution in [-0.4, -0.2) is 86.9 Å². The normalized spacial score (nSPS) is 25.3. The lowest BCUT2D eigenvalue weighted by molar-refractivity contribution is -0.124. The highest BCUT2D eigenvalue weighted by Gasteiger charge is 2.25. The van der Waals surface area contributed by atoms with Gasteiger partial charge in [-0.1, -0.05) is 0 Å². The number of carbonyl (C=O) groups excluding carboxylic acids is 1. The molecule has 0 spiro atoms. The molecule has 0 aromatic heterocycles. The minimum absolute atomic E-state index is 0.155. The third-order valence-electron chi connectivity index (χ3n) is 4.53. The maximum atomic E-state index is 12.2. The monoisotopic (exact) mass is 313 g/mol. The number of hydrogen-bond acceptors (Lipinski definition) is 5. The molecule has 2 rings (SSSR count). The van der Waals surface area contributed by atoms with E-state index in [0.717, 1.165) is 65.4 Å². The van der Waals surface area contributed by atoms with Crippen LogP contribution in [0.5, 0.6) is 0 Å². The molecule has 0 unspecified atom stereocenters. The van der Waals surface area contributed by atoms with Gasteiger partial charge in [-0.05, 0) is 26.7 Å². The Bertz CT molecular complexity index is 335. The van der Waals surface area contributed by atoms with E-state index in [-0.39, 0.29) is 5.91 Å². The SMILES string of the molecule is CCOCCN1CCN(CC(=O)NC2CCOCC2)C[C@H]1C. The summed E-state index contributed by atoms with van der Waals surface area (Å²) in [5.74, 6) is 0.155. The Morgan fingerprint density at radius 1 is 1.32 bits per heavy atom. The molecule has 0 aliphatic carbocycles. The molecule has 2 aliphatic rings. The zero-order valence-corrected chi connectivity index (χ0v) is 14.1. The fourth-order valence-corrected chi connectivity index (χ4v) is 3.19. The van der Waals surface area contributed by atoms with Gasteiger partial charge < -0.3 is 14.8 Å². The summed E-state index contributed by atoms with van der Waals surface area (Å²) < 4.78 is 10.8. The van der Waals surface area contributed by atoms with Crippen LogP contribution in [0.15, 0.2) is 0 Å². The van der Waals surface area contributed by atoms with Gasteiger partial charge in [-0.2, -0.15) is 0 Å². The molecule has 0 saturated carbocycles. The van der Waals surface area contributed by atoms with Gasteiger partial charge in [0.1, 0.15) is 0 Å².